The van der Waals surface area contributed by atoms with E-state index in [1.54, 1.807) is 0 Å². The SMILES string of the molecule is O=c1ccc(C(F)(F)F)cn1CC1(CBr)CCC1. The molecule has 0 aliphatic heterocycles. The van der Waals surface area contributed by atoms with Gasteiger partial charge in [0.2, 0.25) is 0 Å². The van der Waals surface area contributed by atoms with Gasteiger partial charge in [-0.15, -0.1) is 0 Å². The molecule has 0 N–H and O–H groups in total. The van der Waals surface area contributed by atoms with Gasteiger partial charge in [0.05, 0.1) is 5.56 Å². The van der Waals surface area contributed by atoms with Crippen LogP contribution in [-0.2, 0) is 12.7 Å². The van der Waals surface area contributed by atoms with Gasteiger partial charge in [0, 0.05) is 24.1 Å². The summed E-state index contributed by atoms with van der Waals surface area (Å²) in [5.41, 5.74) is -1.21. The zero-order valence-electron chi connectivity index (χ0n) is 9.63. The molecule has 1 saturated carbocycles. The lowest BCUT2D eigenvalue weighted by atomic mass is 9.70. The number of hydrogen-bond donors (Lipinski definition) is 0. The third-order valence-electron chi connectivity index (χ3n) is 3.51. The Bertz CT molecular complexity index is 485. The monoisotopic (exact) mass is 323 g/mol. The van der Waals surface area contributed by atoms with Crippen LogP contribution >= 0.6 is 15.9 Å². The quantitative estimate of drug-likeness (QED) is 0.781. The van der Waals surface area contributed by atoms with Crippen LogP contribution in [0.1, 0.15) is 24.8 Å². The van der Waals surface area contributed by atoms with Crippen molar-refractivity contribution >= 4 is 15.9 Å². The van der Waals surface area contributed by atoms with E-state index in [2.05, 4.69) is 15.9 Å². The van der Waals surface area contributed by atoms with Crippen molar-refractivity contribution in [3.05, 3.63) is 34.2 Å². The number of aromatic nitrogens is 1. The van der Waals surface area contributed by atoms with Crippen molar-refractivity contribution in [3.63, 3.8) is 0 Å². The highest BCUT2D eigenvalue weighted by molar-refractivity contribution is 9.09. The van der Waals surface area contributed by atoms with Crippen molar-refractivity contribution in [1.82, 2.24) is 4.57 Å². The Kier molecular flexibility index (Phi) is 3.58. The van der Waals surface area contributed by atoms with Gasteiger partial charge < -0.3 is 4.57 Å². The second kappa shape index (κ2) is 4.72. The molecule has 6 heteroatoms. The van der Waals surface area contributed by atoms with E-state index in [0.29, 0.717) is 11.9 Å². The summed E-state index contributed by atoms with van der Waals surface area (Å²) in [6, 6.07) is 1.82. The molecule has 1 aromatic heterocycles. The first-order valence-corrected chi connectivity index (χ1v) is 6.82. The van der Waals surface area contributed by atoms with Gasteiger partial charge in [-0.25, -0.2) is 0 Å². The average Bonchev–Trinajstić information content (AvgIpc) is 2.24. The van der Waals surface area contributed by atoms with E-state index in [0.717, 1.165) is 37.6 Å². The molecule has 2 rings (SSSR count). The first-order chi connectivity index (χ1) is 8.36. The summed E-state index contributed by atoms with van der Waals surface area (Å²) in [6.45, 7) is 0.348. The van der Waals surface area contributed by atoms with Crippen LogP contribution in [-0.4, -0.2) is 9.90 Å². The van der Waals surface area contributed by atoms with Gasteiger partial charge in [0.25, 0.3) is 5.56 Å². The summed E-state index contributed by atoms with van der Waals surface area (Å²) in [5.74, 6) is 0. The molecule has 1 fully saturated rings. The first-order valence-electron chi connectivity index (χ1n) is 5.70. The lowest BCUT2D eigenvalue weighted by Gasteiger charge is -2.40. The smallest absolute Gasteiger partial charge is 0.314 e. The molecule has 0 atom stereocenters. The normalized spacial score (nSPS) is 18.4. The maximum absolute atomic E-state index is 12.6. The Morgan fingerprint density at radius 2 is 2.00 bits per heavy atom. The van der Waals surface area contributed by atoms with Crippen LogP contribution in [0.2, 0.25) is 0 Å². The number of alkyl halides is 4. The molecule has 0 saturated heterocycles. The van der Waals surface area contributed by atoms with Crippen LogP contribution in [0, 0.1) is 5.41 Å². The molecule has 1 heterocycles. The minimum absolute atomic E-state index is 0.0615. The summed E-state index contributed by atoms with van der Waals surface area (Å²) >= 11 is 3.39. The second-order valence-corrected chi connectivity index (χ2v) is 5.43. The standard InChI is InChI=1S/C12H13BrF3NO/c13-7-11(4-1-5-11)8-17-6-9(12(14,15)16)2-3-10(17)18/h2-3,6H,1,4-5,7-8H2. The minimum atomic E-state index is -4.41. The fourth-order valence-electron chi connectivity index (χ4n) is 2.19. The van der Waals surface area contributed by atoms with Gasteiger partial charge in [-0.2, -0.15) is 13.2 Å². The van der Waals surface area contributed by atoms with E-state index >= 15 is 0 Å². The highest BCUT2D eigenvalue weighted by atomic mass is 79.9. The van der Waals surface area contributed by atoms with Crippen molar-refractivity contribution in [2.75, 3.05) is 5.33 Å². The zero-order chi connectivity index (χ0) is 13.4. The maximum Gasteiger partial charge on any atom is 0.417 e. The van der Waals surface area contributed by atoms with E-state index in [1.807, 2.05) is 0 Å². The number of pyridine rings is 1. The van der Waals surface area contributed by atoms with Gasteiger partial charge in [0.1, 0.15) is 0 Å². The van der Waals surface area contributed by atoms with E-state index in [4.69, 9.17) is 0 Å². The molecule has 18 heavy (non-hydrogen) atoms. The maximum atomic E-state index is 12.6. The molecule has 2 nitrogen and oxygen atoms in total. The van der Waals surface area contributed by atoms with Crippen LogP contribution < -0.4 is 5.56 Å². The van der Waals surface area contributed by atoms with Crippen molar-refractivity contribution in [1.29, 1.82) is 0 Å². The van der Waals surface area contributed by atoms with Crippen molar-refractivity contribution in [2.45, 2.75) is 32.0 Å². The van der Waals surface area contributed by atoms with Gasteiger partial charge in [-0.1, -0.05) is 22.4 Å². The number of hydrogen-bond acceptors (Lipinski definition) is 1. The Morgan fingerprint density at radius 3 is 2.44 bits per heavy atom. The largest absolute Gasteiger partial charge is 0.417 e. The van der Waals surface area contributed by atoms with E-state index < -0.39 is 11.7 Å². The summed E-state index contributed by atoms with van der Waals surface area (Å²) < 4.78 is 38.9. The molecule has 1 aromatic rings. The van der Waals surface area contributed by atoms with Crippen LogP contribution in [0.3, 0.4) is 0 Å². The Morgan fingerprint density at radius 1 is 1.33 bits per heavy atom. The molecule has 0 bridgehead atoms. The van der Waals surface area contributed by atoms with Crippen molar-refractivity contribution < 1.29 is 13.2 Å². The van der Waals surface area contributed by atoms with Crippen molar-refractivity contribution in [2.24, 2.45) is 5.41 Å². The third-order valence-corrected chi connectivity index (χ3v) is 4.70. The predicted molar refractivity (Wildman–Crippen MR) is 65.8 cm³/mol. The van der Waals surface area contributed by atoms with Crippen LogP contribution in [0.5, 0.6) is 0 Å². The molecule has 0 radical (unpaired) electrons. The minimum Gasteiger partial charge on any atom is -0.314 e. The molecule has 1 aliphatic rings. The topological polar surface area (TPSA) is 22.0 Å². The molecule has 100 valence electrons. The van der Waals surface area contributed by atoms with Crippen LogP contribution in [0.15, 0.2) is 23.1 Å². The van der Waals surface area contributed by atoms with Crippen LogP contribution in [0.4, 0.5) is 13.2 Å². The summed E-state index contributed by atoms with van der Waals surface area (Å²) in [7, 11) is 0. The lowest BCUT2D eigenvalue weighted by molar-refractivity contribution is -0.138. The Hall–Kier alpha value is -0.780. The number of rotatable bonds is 3. The Balaban J connectivity index is 2.30. The molecule has 0 aromatic carbocycles. The van der Waals surface area contributed by atoms with Crippen molar-refractivity contribution in [3.8, 4) is 0 Å². The average molecular weight is 324 g/mol. The molecule has 0 unspecified atom stereocenters. The van der Waals surface area contributed by atoms with Gasteiger partial charge in [-0.3, -0.25) is 4.79 Å². The van der Waals surface area contributed by atoms with Gasteiger partial charge >= 0.3 is 6.18 Å². The number of halogens is 4. The second-order valence-electron chi connectivity index (χ2n) is 4.87. The Labute approximate surface area is 111 Å². The fourth-order valence-corrected chi connectivity index (χ4v) is 2.93. The van der Waals surface area contributed by atoms with E-state index in [-0.39, 0.29) is 11.0 Å². The van der Waals surface area contributed by atoms with Gasteiger partial charge in [0.15, 0.2) is 0 Å². The predicted octanol–water partition coefficient (Wildman–Crippen LogP) is 3.43. The highest BCUT2D eigenvalue weighted by Gasteiger charge is 2.37. The molecular weight excluding hydrogens is 311 g/mol. The van der Waals surface area contributed by atoms with Gasteiger partial charge in [-0.05, 0) is 24.3 Å². The summed E-state index contributed by atoms with van der Waals surface area (Å²) in [6.07, 6.45) is -0.525. The molecule has 0 amide bonds. The number of nitrogens with zero attached hydrogens (tertiary/aromatic N) is 1. The first kappa shape index (κ1) is 13.6. The molecular formula is C12H13BrF3NO. The summed E-state index contributed by atoms with van der Waals surface area (Å²) in [5, 5.41) is 0.711. The lowest BCUT2D eigenvalue weighted by Crippen LogP contribution is -2.39. The highest BCUT2D eigenvalue weighted by Crippen LogP contribution is 2.43. The molecule has 0 spiro atoms. The third kappa shape index (κ3) is 2.63. The van der Waals surface area contributed by atoms with Crippen LogP contribution in [0.25, 0.3) is 0 Å². The molecule has 1 aliphatic carbocycles. The zero-order valence-corrected chi connectivity index (χ0v) is 11.2. The van der Waals surface area contributed by atoms with E-state index in [9.17, 15) is 18.0 Å². The summed E-state index contributed by atoms with van der Waals surface area (Å²) in [4.78, 5) is 11.6. The van der Waals surface area contributed by atoms with E-state index in [1.165, 1.54) is 4.57 Å². The fraction of sp³-hybridized carbons (Fsp3) is 0.583.